The standard InChI is InChI=1S/C29H34N4O3S/c1-20-26-28(30-19-31-29(26)37-27(20)22-8-4-3-5-9-22)33-13-11-23(12-14-33)32(2)16-24(35)18-36-25-10-6-7-21(15-25)17-34/h3-10,15,19,23-24,34-35H,11-14,16-18H2,1-2H3. The SMILES string of the molecule is Cc1c(-c2ccccc2)sc2ncnc(N3CCC(N(C)CC(O)COc4cccc(CO)c4)CC3)c12. The number of ether oxygens (including phenoxy) is 1. The summed E-state index contributed by atoms with van der Waals surface area (Å²) >= 11 is 1.73. The zero-order valence-electron chi connectivity index (χ0n) is 21.4. The van der Waals surface area contributed by atoms with Gasteiger partial charge in [-0.2, -0.15) is 0 Å². The van der Waals surface area contributed by atoms with Gasteiger partial charge < -0.3 is 24.7 Å². The lowest BCUT2D eigenvalue weighted by Crippen LogP contribution is -2.46. The van der Waals surface area contributed by atoms with Gasteiger partial charge in [0.2, 0.25) is 0 Å². The Bertz CT molecular complexity index is 1320. The molecule has 2 N–H and O–H groups in total. The van der Waals surface area contributed by atoms with E-state index in [0.29, 0.717) is 18.3 Å². The summed E-state index contributed by atoms with van der Waals surface area (Å²) in [5, 5.41) is 21.0. The topological polar surface area (TPSA) is 82.0 Å². The van der Waals surface area contributed by atoms with E-state index in [2.05, 4.69) is 53.0 Å². The molecule has 3 heterocycles. The van der Waals surface area contributed by atoms with Crippen LogP contribution in [0.15, 0.2) is 60.9 Å². The third-order valence-electron chi connectivity index (χ3n) is 7.15. The first-order chi connectivity index (χ1) is 18.0. The zero-order valence-corrected chi connectivity index (χ0v) is 22.2. The number of aliphatic hydroxyl groups is 2. The summed E-state index contributed by atoms with van der Waals surface area (Å²) in [6.45, 7) is 4.75. The van der Waals surface area contributed by atoms with Crippen molar-refractivity contribution in [2.75, 3.05) is 38.2 Å². The molecule has 1 aliphatic heterocycles. The monoisotopic (exact) mass is 518 g/mol. The Balaban J connectivity index is 1.19. The lowest BCUT2D eigenvalue weighted by molar-refractivity contribution is 0.0586. The summed E-state index contributed by atoms with van der Waals surface area (Å²) in [6.07, 6.45) is 3.10. The largest absolute Gasteiger partial charge is 0.491 e. The second-order valence-electron chi connectivity index (χ2n) is 9.73. The first kappa shape index (κ1) is 25.6. The summed E-state index contributed by atoms with van der Waals surface area (Å²) < 4.78 is 5.75. The molecule has 0 bridgehead atoms. The molecular formula is C29H34N4O3S. The number of nitrogens with zero attached hydrogens (tertiary/aromatic N) is 4. The first-order valence-corrected chi connectivity index (χ1v) is 13.6. The molecule has 0 saturated carbocycles. The van der Waals surface area contributed by atoms with Crippen molar-refractivity contribution in [3.63, 3.8) is 0 Å². The lowest BCUT2D eigenvalue weighted by atomic mass is 10.0. The molecule has 0 amide bonds. The van der Waals surface area contributed by atoms with Crippen LogP contribution in [-0.2, 0) is 6.61 Å². The highest BCUT2D eigenvalue weighted by atomic mass is 32.1. The van der Waals surface area contributed by atoms with Crippen molar-refractivity contribution in [3.8, 4) is 16.2 Å². The second kappa shape index (κ2) is 11.6. The Hall–Kier alpha value is -3.04. The Kier molecular flexibility index (Phi) is 8.00. The molecule has 1 unspecified atom stereocenters. The first-order valence-electron chi connectivity index (χ1n) is 12.8. The Labute approximate surface area is 222 Å². The van der Waals surface area contributed by atoms with Crippen molar-refractivity contribution >= 4 is 27.4 Å². The number of fused-ring (bicyclic) bond motifs is 1. The molecule has 2 aromatic heterocycles. The molecule has 0 aliphatic carbocycles. The van der Waals surface area contributed by atoms with Crippen LogP contribution in [0.4, 0.5) is 5.82 Å². The van der Waals surface area contributed by atoms with Gasteiger partial charge in [0.1, 0.15) is 35.4 Å². The van der Waals surface area contributed by atoms with Gasteiger partial charge in [-0.1, -0.05) is 42.5 Å². The summed E-state index contributed by atoms with van der Waals surface area (Å²) in [4.78, 5) is 16.2. The molecule has 8 heteroatoms. The maximum Gasteiger partial charge on any atom is 0.141 e. The van der Waals surface area contributed by atoms with E-state index in [-0.39, 0.29) is 13.2 Å². The van der Waals surface area contributed by atoms with E-state index in [0.717, 1.165) is 47.5 Å². The van der Waals surface area contributed by atoms with Gasteiger partial charge in [-0.15, -0.1) is 11.3 Å². The van der Waals surface area contributed by atoms with Gasteiger partial charge in [0.15, 0.2) is 0 Å². The van der Waals surface area contributed by atoms with E-state index in [1.165, 1.54) is 16.0 Å². The molecule has 4 aromatic rings. The number of hydrogen-bond acceptors (Lipinski definition) is 8. The van der Waals surface area contributed by atoms with E-state index in [4.69, 9.17) is 9.72 Å². The van der Waals surface area contributed by atoms with E-state index in [1.54, 1.807) is 23.7 Å². The van der Waals surface area contributed by atoms with Crippen molar-refractivity contribution in [1.82, 2.24) is 14.9 Å². The molecule has 7 nitrogen and oxygen atoms in total. The fourth-order valence-electron chi connectivity index (χ4n) is 5.14. The van der Waals surface area contributed by atoms with Gasteiger partial charge in [0, 0.05) is 30.6 Å². The number of thiophene rings is 1. The molecular weight excluding hydrogens is 484 g/mol. The Morgan fingerprint density at radius 3 is 2.65 bits per heavy atom. The third-order valence-corrected chi connectivity index (χ3v) is 8.40. The Morgan fingerprint density at radius 2 is 1.89 bits per heavy atom. The van der Waals surface area contributed by atoms with Crippen LogP contribution in [0.2, 0.25) is 0 Å². The van der Waals surface area contributed by atoms with Crippen LogP contribution in [0.5, 0.6) is 5.75 Å². The number of hydrogen-bond donors (Lipinski definition) is 2. The molecule has 1 atom stereocenters. The molecule has 0 spiro atoms. The van der Waals surface area contributed by atoms with Crippen molar-refractivity contribution in [2.45, 2.75) is 38.5 Å². The van der Waals surface area contributed by atoms with Gasteiger partial charge in [0.25, 0.3) is 0 Å². The molecule has 1 aliphatic rings. The summed E-state index contributed by atoms with van der Waals surface area (Å²) in [5.74, 6) is 1.69. The fourth-order valence-corrected chi connectivity index (χ4v) is 6.29. The van der Waals surface area contributed by atoms with Crippen LogP contribution >= 0.6 is 11.3 Å². The second-order valence-corrected chi connectivity index (χ2v) is 10.7. The number of aryl methyl sites for hydroxylation is 1. The molecule has 1 fully saturated rings. The molecule has 2 aromatic carbocycles. The minimum absolute atomic E-state index is 0.0259. The van der Waals surface area contributed by atoms with Crippen molar-refractivity contribution in [2.24, 2.45) is 0 Å². The lowest BCUT2D eigenvalue weighted by Gasteiger charge is -2.38. The van der Waals surface area contributed by atoms with Crippen molar-refractivity contribution < 1.29 is 14.9 Å². The van der Waals surface area contributed by atoms with Gasteiger partial charge in [-0.25, -0.2) is 9.97 Å². The number of aromatic nitrogens is 2. The van der Waals surface area contributed by atoms with Crippen LogP contribution < -0.4 is 9.64 Å². The summed E-state index contributed by atoms with van der Waals surface area (Å²) in [5.41, 5.74) is 3.26. The maximum atomic E-state index is 10.6. The highest BCUT2D eigenvalue weighted by molar-refractivity contribution is 7.22. The quantitative estimate of drug-likeness (QED) is 0.338. The predicted molar refractivity (Wildman–Crippen MR) is 149 cm³/mol. The van der Waals surface area contributed by atoms with Crippen LogP contribution in [0.1, 0.15) is 24.0 Å². The minimum Gasteiger partial charge on any atom is -0.491 e. The summed E-state index contributed by atoms with van der Waals surface area (Å²) in [7, 11) is 2.08. The van der Waals surface area contributed by atoms with Gasteiger partial charge in [0.05, 0.1) is 12.0 Å². The number of likely N-dealkylation sites (N-methyl/N-ethyl adjacent to an activating group) is 1. The van der Waals surface area contributed by atoms with Gasteiger partial charge in [-0.3, -0.25) is 0 Å². The molecule has 5 rings (SSSR count). The number of piperidine rings is 1. The third kappa shape index (κ3) is 5.78. The number of rotatable bonds is 9. The van der Waals surface area contributed by atoms with E-state index in [1.807, 2.05) is 24.3 Å². The minimum atomic E-state index is -0.591. The van der Waals surface area contributed by atoms with Crippen LogP contribution in [0.3, 0.4) is 0 Å². The molecule has 1 saturated heterocycles. The zero-order chi connectivity index (χ0) is 25.8. The predicted octanol–water partition coefficient (Wildman–Crippen LogP) is 4.50. The highest BCUT2D eigenvalue weighted by Crippen LogP contribution is 2.41. The van der Waals surface area contributed by atoms with Crippen molar-refractivity contribution in [1.29, 1.82) is 0 Å². The number of benzene rings is 2. The Morgan fingerprint density at radius 1 is 1.11 bits per heavy atom. The van der Waals surface area contributed by atoms with Crippen LogP contribution in [0, 0.1) is 6.92 Å². The van der Waals surface area contributed by atoms with E-state index in [9.17, 15) is 10.2 Å². The average molecular weight is 519 g/mol. The molecule has 37 heavy (non-hydrogen) atoms. The van der Waals surface area contributed by atoms with Crippen LogP contribution in [0.25, 0.3) is 20.7 Å². The van der Waals surface area contributed by atoms with Crippen LogP contribution in [-0.4, -0.2) is 70.5 Å². The molecule has 0 radical (unpaired) electrons. The molecule has 194 valence electrons. The number of aliphatic hydroxyl groups excluding tert-OH is 2. The normalized spacial score (nSPS) is 15.4. The fraction of sp³-hybridized carbons (Fsp3) is 0.379. The van der Waals surface area contributed by atoms with E-state index >= 15 is 0 Å². The smallest absolute Gasteiger partial charge is 0.141 e. The van der Waals surface area contributed by atoms with Gasteiger partial charge >= 0.3 is 0 Å². The summed E-state index contributed by atoms with van der Waals surface area (Å²) in [6, 6.07) is 18.2. The maximum absolute atomic E-state index is 10.6. The van der Waals surface area contributed by atoms with Crippen molar-refractivity contribution in [3.05, 3.63) is 72.1 Å². The van der Waals surface area contributed by atoms with E-state index < -0.39 is 6.10 Å². The average Bonchev–Trinajstić information content (AvgIpc) is 3.29. The highest BCUT2D eigenvalue weighted by Gasteiger charge is 2.27. The number of anilines is 1. The van der Waals surface area contributed by atoms with Gasteiger partial charge in [-0.05, 0) is 55.6 Å².